The Hall–Kier alpha value is -1.76. The predicted molar refractivity (Wildman–Crippen MR) is 69.8 cm³/mol. The molecular weight excluding hydrogens is 194 g/mol. The zero-order valence-electron chi connectivity index (χ0n) is 9.61. The molecule has 0 fully saturated rings. The van der Waals surface area contributed by atoms with Gasteiger partial charge in [-0.1, -0.05) is 49.4 Å². The summed E-state index contributed by atoms with van der Waals surface area (Å²) < 4.78 is 0. The van der Waals surface area contributed by atoms with Gasteiger partial charge in [-0.05, 0) is 30.0 Å². The summed E-state index contributed by atoms with van der Waals surface area (Å²) in [7, 11) is 0. The SMILES string of the molecule is CCc1ccccc1C1=C(N)C=CCC=C1. The smallest absolute Gasteiger partial charge is 0.0390 e. The lowest BCUT2D eigenvalue weighted by molar-refractivity contribution is 1.13. The topological polar surface area (TPSA) is 26.0 Å². The third-order valence-corrected chi connectivity index (χ3v) is 2.85. The number of nitrogens with two attached hydrogens (primary N) is 1. The fourth-order valence-corrected chi connectivity index (χ4v) is 1.98. The fourth-order valence-electron chi connectivity index (χ4n) is 1.98. The van der Waals surface area contributed by atoms with Crippen molar-refractivity contribution in [2.45, 2.75) is 19.8 Å². The molecule has 82 valence electrons. The van der Waals surface area contributed by atoms with Gasteiger partial charge in [-0.3, -0.25) is 0 Å². The molecule has 1 aliphatic rings. The molecule has 0 aromatic heterocycles. The number of hydrogen-bond acceptors (Lipinski definition) is 1. The van der Waals surface area contributed by atoms with Crippen LogP contribution in [0.2, 0.25) is 0 Å². The first-order chi connectivity index (χ1) is 7.83. The summed E-state index contributed by atoms with van der Waals surface area (Å²) in [5.74, 6) is 0. The molecule has 1 nitrogen and oxygen atoms in total. The summed E-state index contributed by atoms with van der Waals surface area (Å²) in [4.78, 5) is 0. The minimum Gasteiger partial charge on any atom is -0.398 e. The Kier molecular flexibility index (Phi) is 3.25. The molecule has 0 bridgehead atoms. The van der Waals surface area contributed by atoms with E-state index in [4.69, 9.17) is 5.73 Å². The summed E-state index contributed by atoms with van der Waals surface area (Å²) >= 11 is 0. The highest BCUT2D eigenvalue weighted by Crippen LogP contribution is 2.24. The second kappa shape index (κ2) is 4.84. The lowest BCUT2D eigenvalue weighted by atomic mass is 9.96. The highest BCUT2D eigenvalue weighted by Gasteiger charge is 2.07. The minimum atomic E-state index is 0.856. The van der Waals surface area contributed by atoms with Crippen LogP contribution in [0.5, 0.6) is 0 Å². The normalized spacial score (nSPS) is 15.3. The highest BCUT2D eigenvalue weighted by atomic mass is 14.6. The van der Waals surface area contributed by atoms with Gasteiger partial charge in [-0.25, -0.2) is 0 Å². The molecule has 1 aromatic rings. The van der Waals surface area contributed by atoms with Crippen molar-refractivity contribution in [3.8, 4) is 0 Å². The van der Waals surface area contributed by atoms with E-state index in [-0.39, 0.29) is 0 Å². The third kappa shape index (κ3) is 2.08. The molecule has 1 aliphatic carbocycles. The number of aryl methyl sites for hydroxylation is 1. The molecule has 0 atom stereocenters. The zero-order chi connectivity index (χ0) is 11.4. The van der Waals surface area contributed by atoms with E-state index in [0.29, 0.717) is 0 Å². The molecule has 0 unspecified atom stereocenters. The number of allylic oxidation sites excluding steroid dienone is 5. The second-order valence-corrected chi connectivity index (χ2v) is 3.92. The van der Waals surface area contributed by atoms with E-state index in [1.165, 1.54) is 11.1 Å². The monoisotopic (exact) mass is 211 g/mol. The molecule has 0 radical (unpaired) electrons. The van der Waals surface area contributed by atoms with Crippen LogP contribution < -0.4 is 5.73 Å². The van der Waals surface area contributed by atoms with Crippen molar-refractivity contribution in [3.63, 3.8) is 0 Å². The van der Waals surface area contributed by atoms with Crippen molar-refractivity contribution in [3.05, 3.63) is 65.4 Å². The lowest BCUT2D eigenvalue weighted by Gasteiger charge is -2.10. The molecule has 0 spiro atoms. The Morgan fingerprint density at radius 3 is 2.69 bits per heavy atom. The average Bonchev–Trinajstić information content (AvgIpc) is 2.54. The van der Waals surface area contributed by atoms with Crippen molar-refractivity contribution >= 4 is 5.57 Å². The molecule has 2 N–H and O–H groups in total. The largest absolute Gasteiger partial charge is 0.398 e. The number of benzene rings is 1. The summed E-state index contributed by atoms with van der Waals surface area (Å²) in [5.41, 5.74) is 10.7. The number of hydrogen-bond donors (Lipinski definition) is 1. The van der Waals surface area contributed by atoms with E-state index in [2.05, 4.69) is 49.4 Å². The lowest BCUT2D eigenvalue weighted by Crippen LogP contribution is -1.99. The van der Waals surface area contributed by atoms with E-state index in [0.717, 1.165) is 24.1 Å². The molecule has 0 saturated carbocycles. The van der Waals surface area contributed by atoms with E-state index >= 15 is 0 Å². The van der Waals surface area contributed by atoms with Gasteiger partial charge in [0.2, 0.25) is 0 Å². The van der Waals surface area contributed by atoms with Crippen LogP contribution in [-0.4, -0.2) is 0 Å². The van der Waals surface area contributed by atoms with E-state index < -0.39 is 0 Å². The zero-order valence-corrected chi connectivity index (χ0v) is 9.61. The molecule has 0 amide bonds. The van der Waals surface area contributed by atoms with Gasteiger partial charge in [-0.2, -0.15) is 0 Å². The molecule has 16 heavy (non-hydrogen) atoms. The van der Waals surface area contributed by atoms with Gasteiger partial charge >= 0.3 is 0 Å². The van der Waals surface area contributed by atoms with Gasteiger partial charge in [0, 0.05) is 11.3 Å². The van der Waals surface area contributed by atoms with E-state index in [1.54, 1.807) is 0 Å². The minimum absolute atomic E-state index is 0.856. The molecule has 0 aliphatic heterocycles. The van der Waals surface area contributed by atoms with Crippen LogP contribution in [0.4, 0.5) is 0 Å². The Balaban J connectivity index is 2.54. The van der Waals surface area contributed by atoms with Gasteiger partial charge < -0.3 is 5.73 Å². The molecular formula is C15H17N. The molecule has 2 rings (SSSR count). The van der Waals surface area contributed by atoms with Gasteiger partial charge in [0.25, 0.3) is 0 Å². The first-order valence-electron chi connectivity index (χ1n) is 5.74. The summed E-state index contributed by atoms with van der Waals surface area (Å²) in [6, 6.07) is 8.45. The van der Waals surface area contributed by atoms with Crippen LogP contribution in [0.3, 0.4) is 0 Å². The number of rotatable bonds is 2. The van der Waals surface area contributed by atoms with Gasteiger partial charge in [0.05, 0.1) is 0 Å². The Labute approximate surface area is 97.0 Å². The maximum absolute atomic E-state index is 6.08. The highest BCUT2D eigenvalue weighted by molar-refractivity contribution is 5.80. The van der Waals surface area contributed by atoms with Crippen LogP contribution in [-0.2, 0) is 6.42 Å². The van der Waals surface area contributed by atoms with Crippen molar-refractivity contribution in [1.82, 2.24) is 0 Å². The molecule has 1 aromatic carbocycles. The van der Waals surface area contributed by atoms with Crippen LogP contribution in [0.15, 0.2) is 54.3 Å². The first kappa shape index (κ1) is 10.7. The molecule has 1 heteroatoms. The summed E-state index contributed by atoms with van der Waals surface area (Å²) in [6.07, 6.45) is 10.4. The molecule has 0 heterocycles. The molecule has 0 saturated heterocycles. The standard InChI is InChI=1S/C15H17N/c1-2-12-8-6-7-9-13(12)14-10-4-3-5-11-15(14)16/h4-11H,2-3,16H2,1H3. The third-order valence-electron chi connectivity index (χ3n) is 2.85. The van der Waals surface area contributed by atoms with Crippen LogP contribution in [0, 0.1) is 0 Å². The first-order valence-corrected chi connectivity index (χ1v) is 5.74. The average molecular weight is 211 g/mol. The van der Waals surface area contributed by atoms with Gasteiger partial charge in [0.15, 0.2) is 0 Å². The van der Waals surface area contributed by atoms with Crippen LogP contribution in [0.1, 0.15) is 24.5 Å². The van der Waals surface area contributed by atoms with Crippen molar-refractivity contribution in [1.29, 1.82) is 0 Å². The van der Waals surface area contributed by atoms with Crippen LogP contribution >= 0.6 is 0 Å². The quantitative estimate of drug-likeness (QED) is 0.796. The Morgan fingerprint density at radius 1 is 1.12 bits per heavy atom. The second-order valence-electron chi connectivity index (χ2n) is 3.92. The fraction of sp³-hybridized carbons (Fsp3) is 0.200. The van der Waals surface area contributed by atoms with E-state index in [1.807, 2.05) is 6.08 Å². The van der Waals surface area contributed by atoms with Crippen LogP contribution in [0.25, 0.3) is 5.57 Å². The van der Waals surface area contributed by atoms with Gasteiger partial charge in [-0.15, -0.1) is 0 Å². The van der Waals surface area contributed by atoms with Crippen molar-refractivity contribution in [2.75, 3.05) is 0 Å². The summed E-state index contributed by atoms with van der Waals surface area (Å²) in [5, 5.41) is 0. The van der Waals surface area contributed by atoms with Crippen molar-refractivity contribution in [2.24, 2.45) is 5.73 Å². The Morgan fingerprint density at radius 2 is 1.88 bits per heavy atom. The summed E-state index contributed by atoms with van der Waals surface area (Å²) in [6.45, 7) is 2.17. The Bertz CT molecular complexity index is 464. The predicted octanol–water partition coefficient (Wildman–Crippen LogP) is 3.43. The maximum Gasteiger partial charge on any atom is 0.0390 e. The van der Waals surface area contributed by atoms with Crippen molar-refractivity contribution < 1.29 is 0 Å². The van der Waals surface area contributed by atoms with Gasteiger partial charge in [0.1, 0.15) is 0 Å². The van der Waals surface area contributed by atoms with E-state index in [9.17, 15) is 0 Å². The maximum atomic E-state index is 6.08.